The van der Waals surface area contributed by atoms with Gasteiger partial charge in [-0.3, -0.25) is 9.59 Å². The van der Waals surface area contributed by atoms with Crippen molar-refractivity contribution >= 4 is 11.8 Å². The lowest BCUT2D eigenvalue weighted by molar-refractivity contribution is -0.128. The van der Waals surface area contributed by atoms with Crippen LogP contribution in [0.25, 0.3) is 0 Å². The molecule has 3 rings (SSSR count). The van der Waals surface area contributed by atoms with Crippen LogP contribution in [0.5, 0.6) is 0 Å². The SMILES string of the molecule is CCCOC1(CNC(=O)c2cccc(CN3CCCC3=O)c2)CCCCC1. The third-order valence-corrected chi connectivity index (χ3v) is 5.68. The topological polar surface area (TPSA) is 58.6 Å². The molecule has 2 fully saturated rings. The highest BCUT2D eigenvalue weighted by atomic mass is 16.5. The van der Waals surface area contributed by atoms with Crippen LogP contribution >= 0.6 is 0 Å². The van der Waals surface area contributed by atoms with Gasteiger partial charge in [0.25, 0.3) is 5.91 Å². The standard InChI is InChI=1S/C22H32N2O3/c1-2-14-27-22(11-4-3-5-12-22)17-23-21(26)19-9-6-8-18(15-19)16-24-13-7-10-20(24)25/h6,8-9,15H,2-5,7,10-14,16-17H2,1H3,(H,23,26). The van der Waals surface area contributed by atoms with Crippen LogP contribution in [0.15, 0.2) is 24.3 Å². The van der Waals surface area contributed by atoms with E-state index in [1.54, 1.807) is 0 Å². The fraction of sp³-hybridized carbons (Fsp3) is 0.636. The van der Waals surface area contributed by atoms with E-state index in [2.05, 4.69) is 12.2 Å². The van der Waals surface area contributed by atoms with Gasteiger partial charge in [0, 0.05) is 38.2 Å². The van der Waals surface area contributed by atoms with E-state index >= 15 is 0 Å². The number of nitrogens with zero attached hydrogens (tertiary/aromatic N) is 1. The van der Waals surface area contributed by atoms with Crippen molar-refractivity contribution in [3.05, 3.63) is 35.4 Å². The van der Waals surface area contributed by atoms with E-state index in [9.17, 15) is 9.59 Å². The Kier molecular flexibility index (Phi) is 6.89. The molecule has 1 aromatic rings. The summed E-state index contributed by atoms with van der Waals surface area (Å²) in [5.74, 6) is 0.145. The molecule has 1 saturated heterocycles. The van der Waals surface area contributed by atoms with E-state index in [0.29, 0.717) is 25.1 Å². The number of carbonyl (C=O) groups excluding carboxylic acids is 2. The van der Waals surface area contributed by atoms with Crippen LogP contribution in [-0.2, 0) is 16.1 Å². The van der Waals surface area contributed by atoms with Gasteiger partial charge in [0.05, 0.1) is 5.60 Å². The maximum Gasteiger partial charge on any atom is 0.251 e. The van der Waals surface area contributed by atoms with Crippen LogP contribution in [0.3, 0.4) is 0 Å². The van der Waals surface area contributed by atoms with Crippen LogP contribution in [0.1, 0.15) is 74.2 Å². The monoisotopic (exact) mass is 372 g/mol. The molecule has 1 N–H and O–H groups in total. The van der Waals surface area contributed by atoms with Crippen LogP contribution in [0, 0.1) is 0 Å². The summed E-state index contributed by atoms with van der Waals surface area (Å²) in [4.78, 5) is 26.4. The molecule has 2 amide bonds. The van der Waals surface area contributed by atoms with Gasteiger partial charge in [-0.05, 0) is 43.4 Å². The number of ether oxygens (including phenoxy) is 1. The Bertz CT molecular complexity index is 653. The van der Waals surface area contributed by atoms with Gasteiger partial charge in [0.2, 0.25) is 5.91 Å². The Labute approximate surface area is 162 Å². The molecular weight excluding hydrogens is 340 g/mol. The predicted octanol–water partition coefficient (Wildman–Crippen LogP) is 3.67. The molecule has 0 spiro atoms. The fourth-order valence-electron chi connectivity index (χ4n) is 4.13. The molecule has 0 aromatic heterocycles. The first-order valence-electron chi connectivity index (χ1n) is 10.4. The second kappa shape index (κ2) is 9.36. The largest absolute Gasteiger partial charge is 0.373 e. The van der Waals surface area contributed by atoms with Crippen LogP contribution in [-0.4, -0.2) is 42.0 Å². The second-order valence-electron chi connectivity index (χ2n) is 7.89. The molecule has 1 heterocycles. The molecule has 1 aromatic carbocycles. The van der Waals surface area contributed by atoms with Gasteiger partial charge in [-0.1, -0.05) is 38.3 Å². The van der Waals surface area contributed by atoms with E-state index < -0.39 is 0 Å². The van der Waals surface area contributed by atoms with Gasteiger partial charge in [0.1, 0.15) is 0 Å². The number of carbonyl (C=O) groups is 2. The summed E-state index contributed by atoms with van der Waals surface area (Å²) in [6.07, 6.45) is 8.18. The highest BCUT2D eigenvalue weighted by molar-refractivity contribution is 5.94. The molecule has 5 nitrogen and oxygen atoms in total. The number of likely N-dealkylation sites (tertiary alicyclic amines) is 1. The molecular formula is C22H32N2O3. The minimum atomic E-state index is -0.205. The van der Waals surface area contributed by atoms with E-state index in [4.69, 9.17) is 4.74 Å². The molecule has 2 aliphatic rings. The quantitative estimate of drug-likeness (QED) is 0.757. The summed E-state index contributed by atoms with van der Waals surface area (Å²) in [5, 5.41) is 3.10. The van der Waals surface area contributed by atoms with E-state index in [-0.39, 0.29) is 17.4 Å². The lowest BCUT2D eigenvalue weighted by atomic mass is 9.84. The average Bonchev–Trinajstić information content (AvgIpc) is 3.10. The molecule has 0 unspecified atom stereocenters. The number of benzene rings is 1. The molecule has 1 aliphatic carbocycles. The lowest BCUT2D eigenvalue weighted by Crippen LogP contribution is -2.46. The van der Waals surface area contributed by atoms with E-state index in [0.717, 1.165) is 44.4 Å². The van der Waals surface area contributed by atoms with Crippen molar-refractivity contribution < 1.29 is 14.3 Å². The van der Waals surface area contributed by atoms with Crippen molar-refractivity contribution in [1.82, 2.24) is 10.2 Å². The zero-order valence-corrected chi connectivity index (χ0v) is 16.5. The van der Waals surface area contributed by atoms with Crippen molar-refractivity contribution in [2.45, 2.75) is 70.4 Å². The third-order valence-electron chi connectivity index (χ3n) is 5.68. The molecule has 0 bridgehead atoms. The minimum Gasteiger partial charge on any atom is -0.373 e. The number of hydrogen-bond acceptors (Lipinski definition) is 3. The van der Waals surface area contributed by atoms with Gasteiger partial charge in [-0.2, -0.15) is 0 Å². The predicted molar refractivity (Wildman–Crippen MR) is 105 cm³/mol. The molecule has 5 heteroatoms. The Morgan fingerprint density at radius 2 is 2.04 bits per heavy atom. The summed E-state index contributed by atoms with van der Waals surface area (Å²) < 4.78 is 6.17. The first-order chi connectivity index (χ1) is 13.1. The maximum atomic E-state index is 12.7. The fourth-order valence-corrected chi connectivity index (χ4v) is 4.13. The summed E-state index contributed by atoms with van der Waals surface area (Å²) in [5.41, 5.74) is 1.46. The minimum absolute atomic E-state index is 0.0605. The van der Waals surface area contributed by atoms with Gasteiger partial charge in [-0.15, -0.1) is 0 Å². The Morgan fingerprint density at radius 3 is 2.74 bits per heavy atom. The smallest absolute Gasteiger partial charge is 0.251 e. The first kappa shape index (κ1) is 19.9. The maximum absolute atomic E-state index is 12.7. The van der Waals surface area contributed by atoms with Crippen molar-refractivity contribution in [1.29, 1.82) is 0 Å². The van der Waals surface area contributed by atoms with Gasteiger partial charge < -0.3 is 15.0 Å². The van der Waals surface area contributed by atoms with Crippen LogP contribution in [0.2, 0.25) is 0 Å². The zero-order valence-electron chi connectivity index (χ0n) is 16.5. The van der Waals surface area contributed by atoms with Crippen LogP contribution in [0.4, 0.5) is 0 Å². The Balaban J connectivity index is 1.59. The normalized spacial score (nSPS) is 19.3. The molecule has 27 heavy (non-hydrogen) atoms. The molecule has 0 atom stereocenters. The van der Waals surface area contributed by atoms with Crippen LogP contribution < -0.4 is 5.32 Å². The lowest BCUT2D eigenvalue weighted by Gasteiger charge is -2.37. The summed E-state index contributed by atoms with van der Waals surface area (Å²) in [7, 11) is 0. The van der Waals surface area contributed by atoms with Crippen molar-refractivity contribution in [2.75, 3.05) is 19.7 Å². The second-order valence-corrected chi connectivity index (χ2v) is 7.89. The number of hydrogen-bond donors (Lipinski definition) is 1. The molecule has 148 valence electrons. The van der Waals surface area contributed by atoms with E-state index in [1.807, 2.05) is 29.2 Å². The highest BCUT2D eigenvalue weighted by Gasteiger charge is 2.33. The van der Waals surface area contributed by atoms with Gasteiger partial charge in [-0.25, -0.2) is 0 Å². The first-order valence-corrected chi connectivity index (χ1v) is 10.4. The van der Waals surface area contributed by atoms with Crippen molar-refractivity contribution in [3.63, 3.8) is 0 Å². The van der Waals surface area contributed by atoms with Crippen molar-refractivity contribution in [2.24, 2.45) is 0 Å². The third kappa shape index (κ3) is 5.32. The Hall–Kier alpha value is -1.88. The average molecular weight is 373 g/mol. The number of amides is 2. The molecule has 1 aliphatic heterocycles. The summed E-state index contributed by atoms with van der Waals surface area (Å²) in [6.45, 7) is 4.83. The van der Waals surface area contributed by atoms with E-state index in [1.165, 1.54) is 19.3 Å². The molecule has 0 radical (unpaired) electrons. The highest BCUT2D eigenvalue weighted by Crippen LogP contribution is 2.31. The zero-order chi connectivity index (χ0) is 19.1. The van der Waals surface area contributed by atoms with Crippen molar-refractivity contribution in [3.8, 4) is 0 Å². The number of rotatable bonds is 8. The summed E-state index contributed by atoms with van der Waals surface area (Å²) >= 11 is 0. The van der Waals surface area contributed by atoms with Gasteiger partial charge in [0.15, 0.2) is 0 Å². The Morgan fingerprint density at radius 1 is 1.22 bits per heavy atom. The van der Waals surface area contributed by atoms with Gasteiger partial charge >= 0.3 is 0 Å². The molecule has 1 saturated carbocycles. The summed E-state index contributed by atoms with van der Waals surface area (Å²) in [6, 6.07) is 7.62. The number of nitrogens with one attached hydrogen (secondary N) is 1.